The first-order valence-electron chi connectivity index (χ1n) is 9.13. The molecule has 0 radical (unpaired) electrons. The third kappa shape index (κ3) is 4.09. The van der Waals surface area contributed by atoms with E-state index in [0.29, 0.717) is 18.0 Å². The highest BCUT2D eigenvalue weighted by atomic mass is 32.2. The van der Waals surface area contributed by atoms with Crippen LogP contribution in [-0.2, 0) is 16.3 Å². The van der Waals surface area contributed by atoms with Gasteiger partial charge in [0.15, 0.2) is 9.84 Å². The topological polar surface area (TPSA) is 57.7 Å². The lowest BCUT2D eigenvalue weighted by Crippen LogP contribution is -2.61. The Morgan fingerprint density at radius 3 is 2.68 bits per heavy atom. The van der Waals surface area contributed by atoms with Crippen LogP contribution in [0.3, 0.4) is 0 Å². The maximum Gasteiger partial charge on any atom is 0.255 e. The molecule has 2 saturated heterocycles. The van der Waals surface area contributed by atoms with Crippen molar-refractivity contribution < 1.29 is 13.2 Å². The lowest BCUT2D eigenvalue weighted by atomic mass is 10.0. The molecule has 1 aromatic rings. The van der Waals surface area contributed by atoms with Gasteiger partial charge in [0.1, 0.15) is 0 Å². The van der Waals surface area contributed by atoms with Crippen molar-refractivity contribution in [1.29, 1.82) is 0 Å². The molecule has 3 rings (SSSR count). The lowest BCUT2D eigenvalue weighted by Gasteiger charge is -2.44. The van der Waals surface area contributed by atoms with Gasteiger partial charge >= 0.3 is 0 Å². The third-order valence-electron chi connectivity index (χ3n) is 5.05. The largest absolute Gasteiger partial charge is 0.332 e. The van der Waals surface area contributed by atoms with Gasteiger partial charge in [-0.25, -0.2) is 8.42 Å². The molecule has 25 heavy (non-hydrogen) atoms. The minimum absolute atomic E-state index is 0.00472. The molecule has 2 fully saturated rings. The van der Waals surface area contributed by atoms with E-state index in [1.165, 1.54) is 4.88 Å². The molecular weight excluding hydrogens is 356 g/mol. The number of rotatable bonds is 5. The molecule has 0 spiro atoms. The Morgan fingerprint density at radius 2 is 2.00 bits per heavy atom. The molecule has 2 atom stereocenters. The minimum atomic E-state index is -3.08. The number of aryl methyl sites for hydroxylation is 1. The molecule has 5 nitrogen and oxygen atoms in total. The number of amides is 1. The Bertz CT molecular complexity index is 726. The smallest absolute Gasteiger partial charge is 0.255 e. The Kier molecular flexibility index (Phi) is 5.56. The van der Waals surface area contributed by atoms with Crippen LogP contribution in [0.15, 0.2) is 11.4 Å². The molecule has 2 aliphatic rings. The van der Waals surface area contributed by atoms with Crippen LogP contribution in [0, 0.1) is 5.92 Å². The molecule has 3 heterocycles. The van der Waals surface area contributed by atoms with Crippen molar-refractivity contribution in [3.05, 3.63) is 21.9 Å². The average Bonchev–Trinajstić information content (AvgIpc) is 3.10. The zero-order valence-corrected chi connectivity index (χ0v) is 16.9. The molecule has 0 unspecified atom stereocenters. The molecule has 140 valence electrons. The van der Waals surface area contributed by atoms with Gasteiger partial charge in [-0.2, -0.15) is 0 Å². The highest BCUT2D eigenvalue weighted by Crippen LogP contribution is 2.29. The summed E-state index contributed by atoms with van der Waals surface area (Å²) in [5.74, 6) is 0.762. The summed E-state index contributed by atoms with van der Waals surface area (Å²) < 4.78 is 24.5. The van der Waals surface area contributed by atoms with Crippen LogP contribution >= 0.6 is 11.3 Å². The molecule has 7 heteroatoms. The van der Waals surface area contributed by atoms with Crippen LogP contribution in [0.5, 0.6) is 0 Å². The van der Waals surface area contributed by atoms with Crippen LogP contribution in [0.25, 0.3) is 0 Å². The van der Waals surface area contributed by atoms with Crippen LogP contribution in [0.4, 0.5) is 0 Å². The average molecular weight is 385 g/mol. The van der Waals surface area contributed by atoms with E-state index in [1.807, 2.05) is 16.3 Å². The quantitative estimate of drug-likeness (QED) is 0.781. The maximum absolute atomic E-state index is 13.0. The van der Waals surface area contributed by atoms with Gasteiger partial charge in [0, 0.05) is 35.9 Å². The fraction of sp³-hybridized carbons (Fsp3) is 0.722. The summed E-state index contributed by atoms with van der Waals surface area (Å²) in [6.45, 7) is 8.68. The summed E-state index contributed by atoms with van der Waals surface area (Å²) in [6, 6.07) is 1.72. The fourth-order valence-electron chi connectivity index (χ4n) is 4.01. The van der Waals surface area contributed by atoms with Crippen molar-refractivity contribution in [3.63, 3.8) is 0 Å². The van der Waals surface area contributed by atoms with E-state index in [9.17, 15) is 13.2 Å². The second kappa shape index (κ2) is 7.37. The van der Waals surface area contributed by atoms with Crippen molar-refractivity contribution in [2.45, 2.75) is 45.7 Å². The molecule has 1 aromatic heterocycles. The number of sulfone groups is 1. The van der Waals surface area contributed by atoms with Gasteiger partial charge in [-0.05, 0) is 18.4 Å². The van der Waals surface area contributed by atoms with Crippen molar-refractivity contribution in [2.24, 2.45) is 5.92 Å². The Hall–Kier alpha value is -0.920. The van der Waals surface area contributed by atoms with Crippen molar-refractivity contribution in [1.82, 2.24) is 9.80 Å². The number of thiophene rings is 1. The third-order valence-corrected chi connectivity index (χ3v) is 7.74. The molecule has 0 aromatic carbocycles. The van der Waals surface area contributed by atoms with Gasteiger partial charge in [-0.15, -0.1) is 11.3 Å². The number of hydrogen-bond donors (Lipinski definition) is 0. The second-order valence-electron chi connectivity index (χ2n) is 7.65. The summed E-state index contributed by atoms with van der Waals surface area (Å²) in [6.07, 6.45) is 2.05. The molecule has 0 N–H and O–H groups in total. The minimum Gasteiger partial charge on any atom is -0.332 e. The summed E-state index contributed by atoms with van der Waals surface area (Å²) in [5, 5.41) is 1.92. The summed E-state index contributed by atoms with van der Waals surface area (Å²) in [4.78, 5) is 18.3. The monoisotopic (exact) mass is 384 g/mol. The zero-order chi connectivity index (χ0) is 18.2. The van der Waals surface area contributed by atoms with E-state index in [-0.39, 0.29) is 29.5 Å². The number of piperazine rings is 1. The first-order chi connectivity index (χ1) is 11.8. The Morgan fingerprint density at radius 1 is 1.28 bits per heavy atom. The summed E-state index contributed by atoms with van der Waals surface area (Å²) >= 11 is 1.62. The van der Waals surface area contributed by atoms with Gasteiger partial charge in [0.2, 0.25) is 0 Å². The predicted molar refractivity (Wildman–Crippen MR) is 102 cm³/mol. The maximum atomic E-state index is 13.0. The predicted octanol–water partition coefficient (Wildman–Crippen LogP) is 2.28. The van der Waals surface area contributed by atoms with Gasteiger partial charge in [0.25, 0.3) is 5.91 Å². The van der Waals surface area contributed by atoms with Gasteiger partial charge < -0.3 is 4.90 Å². The number of carbonyl (C=O) groups is 1. The van der Waals surface area contributed by atoms with E-state index >= 15 is 0 Å². The van der Waals surface area contributed by atoms with Crippen molar-refractivity contribution in [3.8, 4) is 0 Å². The van der Waals surface area contributed by atoms with Crippen molar-refractivity contribution in [2.75, 3.05) is 31.1 Å². The Balaban J connectivity index is 1.81. The number of carbonyl (C=O) groups excluding carboxylic acids is 1. The number of hydrogen-bond acceptors (Lipinski definition) is 5. The van der Waals surface area contributed by atoms with E-state index in [4.69, 9.17) is 0 Å². The van der Waals surface area contributed by atoms with E-state index in [1.54, 1.807) is 11.3 Å². The van der Waals surface area contributed by atoms with E-state index in [2.05, 4.69) is 25.7 Å². The summed E-state index contributed by atoms with van der Waals surface area (Å²) in [7, 11) is -3.08. The second-order valence-corrected chi connectivity index (χ2v) is 10.8. The molecule has 0 aliphatic carbocycles. The van der Waals surface area contributed by atoms with Gasteiger partial charge in [-0.3, -0.25) is 9.69 Å². The zero-order valence-electron chi connectivity index (χ0n) is 15.3. The van der Waals surface area contributed by atoms with Crippen LogP contribution in [0.1, 0.15) is 42.4 Å². The highest BCUT2D eigenvalue weighted by Gasteiger charge is 2.48. The number of fused-ring (bicyclic) bond motifs is 1. The SMILES string of the molecule is CCCc1cc(C(=O)N2CCN(CC(C)C)[C@H]3CS(=O)(=O)C[C@H]32)cs1. The molecule has 0 saturated carbocycles. The van der Waals surface area contributed by atoms with Crippen LogP contribution in [-0.4, -0.2) is 67.3 Å². The molecular formula is C18H28N2O3S2. The molecule has 2 aliphatic heterocycles. The van der Waals surface area contributed by atoms with Gasteiger partial charge in [0.05, 0.1) is 23.1 Å². The molecule has 1 amide bonds. The Labute approximate surface area is 154 Å². The lowest BCUT2D eigenvalue weighted by molar-refractivity contribution is 0.0297. The van der Waals surface area contributed by atoms with Crippen LogP contribution in [0.2, 0.25) is 0 Å². The molecule has 0 bridgehead atoms. The van der Waals surface area contributed by atoms with E-state index < -0.39 is 9.84 Å². The number of nitrogens with zero attached hydrogens (tertiary/aromatic N) is 2. The first kappa shape index (κ1) is 18.9. The standard InChI is InChI=1S/C18H28N2O3S2/c1-4-5-15-8-14(10-24-15)18(21)20-7-6-19(9-13(2)3)16-11-25(22,23)12-17(16)20/h8,10,13,16-17H,4-7,9,11-12H2,1-3H3/t16-,17+/m0/s1. The normalized spacial score (nSPS) is 26.2. The first-order valence-corrected chi connectivity index (χ1v) is 11.8. The summed E-state index contributed by atoms with van der Waals surface area (Å²) in [5.41, 5.74) is 0.716. The van der Waals surface area contributed by atoms with E-state index in [0.717, 1.165) is 25.9 Å². The fourth-order valence-corrected chi connectivity index (χ4v) is 6.98. The van der Waals surface area contributed by atoms with Crippen molar-refractivity contribution >= 4 is 27.1 Å². The highest BCUT2D eigenvalue weighted by molar-refractivity contribution is 7.91. The van der Waals surface area contributed by atoms with Gasteiger partial charge in [-0.1, -0.05) is 27.2 Å². The van der Waals surface area contributed by atoms with Crippen LogP contribution < -0.4 is 0 Å².